The molecule has 0 saturated carbocycles. The maximum Gasteiger partial charge on any atom is 0.0433 e. The summed E-state index contributed by atoms with van der Waals surface area (Å²) in [6.45, 7) is 4.90. The van der Waals surface area contributed by atoms with Gasteiger partial charge >= 0.3 is 0 Å². The zero-order chi connectivity index (χ0) is 12.1. The van der Waals surface area contributed by atoms with Crippen LogP contribution in [0, 0.1) is 5.92 Å². The summed E-state index contributed by atoms with van der Waals surface area (Å²) in [5.74, 6) is 0.790. The minimum atomic E-state index is 0.381. The molecular weight excluding hydrogens is 196 g/mol. The van der Waals surface area contributed by atoms with Crippen LogP contribution in [-0.4, -0.2) is 11.7 Å². The summed E-state index contributed by atoms with van der Waals surface area (Å²) >= 11 is 0. The molecule has 0 bridgehead atoms. The van der Waals surface area contributed by atoms with E-state index in [1.54, 1.807) is 0 Å². The molecule has 1 unspecified atom stereocenters. The Kier molecular flexibility index (Phi) is 13.0. The zero-order valence-electron chi connectivity index (χ0n) is 11.5. The number of rotatable bonds is 12. The van der Waals surface area contributed by atoms with Gasteiger partial charge in [-0.1, -0.05) is 78.1 Å². The summed E-state index contributed by atoms with van der Waals surface area (Å²) in [4.78, 5) is 0. The largest absolute Gasteiger partial charge is 0.396 e. The van der Waals surface area contributed by atoms with Gasteiger partial charge in [-0.25, -0.2) is 0 Å². The molecule has 0 radical (unpaired) electrons. The summed E-state index contributed by atoms with van der Waals surface area (Å²) in [5.41, 5.74) is 0. The SMILES string of the molecule is CCCCCCCC(CCO)CCCCC. The van der Waals surface area contributed by atoms with Gasteiger partial charge in [0.15, 0.2) is 0 Å². The van der Waals surface area contributed by atoms with Crippen molar-refractivity contribution < 1.29 is 5.11 Å². The van der Waals surface area contributed by atoms with E-state index >= 15 is 0 Å². The van der Waals surface area contributed by atoms with Gasteiger partial charge in [0.05, 0.1) is 0 Å². The third kappa shape index (κ3) is 10.5. The second-order valence-corrected chi connectivity index (χ2v) is 5.08. The number of hydrogen-bond donors (Lipinski definition) is 1. The fourth-order valence-electron chi connectivity index (χ4n) is 2.34. The molecule has 0 heterocycles. The van der Waals surface area contributed by atoms with E-state index < -0.39 is 0 Å². The summed E-state index contributed by atoms with van der Waals surface area (Å²) < 4.78 is 0. The van der Waals surface area contributed by atoms with Crippen LogP contribution in [0.4, 0.5) is 0 Å². The van der Waals surface area contributed by atoms with E-state index in [1.807, 2.05) is 0 Å². The lowest BCUT2D eigenvalue weighted by Crippen LogP contribution is -2.03. The van der Waals surface area contributed by atoms with Gasteiger partial charge in [-0.15, -0.1) is 0 Å². The molecule has 0 aliphatic heterocycles. The molecule has 0 aromatic carbocycles. The molecule has 0 aliphatic carbocycles. The molecule has 98 valence electrons. The monoisotopic (exact) mass is 228 g/mol. The van der Waals surface area contributed by atoms with Crippen molar-refractivity contribution in [1.82, 2.24) is 0 Å². The van der Waals surface area contributed by atoms with Crippen molar-refractivity contribution in [3.8, 4) is 0 Å². The first-order valence-corrected chi connectivity index (χ1v) is 7.46. The second kappa shape index (κ2) is 13.0. The smallest absolute Gasteiger partial charge is 0.0433 e. The molecule has 16 heavy (non-hydrogen) atoms. The highest BCUT2D eigenvalue weighted by Gasteiger charge is 2.07. The molecule has 1 heteroatoms. The Morgan fingerprint density at radius 3 is 1.75 bits per heavy atom. The number of aliphatic hydroxyl groups excluding tert-OH is 1. The van der Waals surface area contributed by atoms with Gasteiger partial charge in [-0.2, -0.15) is 0 Å². The highest BCUT2D eigenvalue weighted by Crippen LogP contribution is 2.20. The fourth-order valence-corrected chi connectivity index (χ4v) is 2.34. The first-order valence-electron chi connectivity index (χ1n) is 7.46. The Labute approximate surface area is 103 Å². The Morgan fingerprint density at radius 1 is 0.688 bits per heavy atom. The first-order chi connectivity index (χ1) is 7.85. The summed E-state index contributed by atoms with van der Waals surface area (Å²) in [5, 5.41) is 9.03. The second-order valence-electron chi connectivity index (χ2n) is 5.08. The van der Waals surface area contributed by atoms with Crippen molar-refractivity contribution in [3.63, 3.8) is 0 Å². The maximum atomic E-state index is 9.03. The average Bonchev–Trinajstić information content (AvgIpc) is 2.29. The van der Waals surface area contributed by atoms with Crippen LogP contribution in [0.2, 0.25) is 0 Å². The number of aliphatic hydroxyl groups is 1. The lowest BCUT2D eigenvalue weighted by molar-refractivity contribution is 0.241. The van der Waals surface area contributed by atoms with Crippen molar-refractivity contribution in [2.75, 3.05) is 6.61 Å². The Bertz CT molecular complexity index is 123. The van der Waals surface area contributed by atoms with Crippen molar-refractivity contribution in [1.29, 1.82) is 0 Å². The molecule has 0 aromatic heterocycles. The maximum absolute atomic E-state index is 9.03. The summed E-state index contributed by atoms with van der Waals surface area (Å²) in [6.07, 6.45) is 14.6. The van der Waals surface area contributed by atoms with Gasteiger partial charge < -0.3 is 5.11 Å². The van der Waals surface area contributed by atoms with Crippen molar-refractivity contribution in [3.05, 3.63) is 0 Å². The minimum Gasteiger partial charge on any atom is -0.396 e. The Morgan fingerprint density at radius 2 is 1.19 bits per heavy atom. The van der Waals surface area contributed by atoms with Crippen LogP contribution in [0.1, 0.15) is 84.5 Å². The van der Waals surface area contributed by atoms with E-state index in [0.717, 1.165) is 12.3 Å². The summed E-state index contributed by atoms with van der Waals surface area (Å²) in [6, 6.07) is 0. The third-order valence-corrected chi connectivity index (χ3v) is 3.47. The van der Waals surface area contributed by atoms with E-state index in [2.05, 4.69) is 13.8 Å². The standard InChI is InChI=1S/C15H32O/c1-3-5-7-8-10-12-15(13-14-16)11-9-6-4-2/h15-16H,3-14H2,1-2H3. The van der Waals surface area contributed by atoms with Crippen LogP contribution >= 0.6 is 0 Å². The van der Waals surface area contributed by atoms with Crippen molar-refractivity contribution in [2.24, 2.45) is 5.92 Å². The molecule has 0 spiro atoms. The van der Waals surface area contributed by atoms with Gasteiger partial charge in [0.25, 0.3) is 0 Å². The predicted octanol–water partition coefficient (Wildman–Crippen LogP) is 4.93. The fraction of sp³-hybridized carbons (Fsp3) is 1.00. The van der Waals surface area contributed by atoms with E-state index in [1.165, 1.54) is 64.2 Å². The molecule has 1 nitrogen and oxygen atoms in total. The third-order valence-electron chi connectivity index (χ3n) is 3.47. The lowest BCUT2D eigenvalue weighted by Gasteiger charge is -2.15. The van der Waals surface area contributed by atoms with E-state index in [0.29, 0.717) is 6.61 Å². The molecule has 0 aliphatic rings. The summed E-state index contributed by atoms with van der Waals surface area (Å²) in [7, 11) is 0. The molecule has 0 saturated heterocycles. The molecule has 0 aromatic rings. The lowest BCUT2D eigenvalue weighted by atomic mass is 9.92. The van der Waals surface area contributed by atoms with Gasteiger partial charge in [0.1, 0.15) is 0 Å². The number of unbranched alkanes of at least 4 members (excludes halogenated alkanes) is 6. The Hall–Kier alpha value is -0.0400. The topological polar surface area (TPSA) is 20.2 Å². The van der Waals surface area contributed by atoms with Crippen LogP contribution in [0.15, 0.2) is 0 Å². The van der Waals surface area contributed by atoms with Gasteiger partial charge in [-0.3, -0.25) is 0 Å². The van der Waals surface area contributed by atoms with Crippen LogP contribution < -0.4 is 0 Å². The van der Waals surface area contributed by atoms with Crippen LogP contribution in [0.25, 0.3) is 0 Å². The average molecular weight is 228 g/mol. The quantitative estimate of drug-likeness (QED) is 0.470. The molecule has 1 atom stereocenters. The van der Waals surface area contributed by atoms with E-state index in [9.17, 15) is 0 Å². The van der Waals surface area contributed by atoms with Crippen LogP contribution in [-0.2, 0) is 0 Å². The Balaban J connectivity index is 3.43. The van der Waals surface area contributed by atoms with E-state index in [4.69, 9.17) is 5.11 Å². The minimum absolute atomic E-state index is 0.381. The molecule has 0 amide bonds. The van der Waals surface area contributed by atoms with E-state index in [-0.39, 0.29) is 0 Å². The first kappa shape index (κ1) is 16.0. The van der Waals surface area contributed by atoms with Gasteiger partial charge in [0, 0.05) is 6.61 Å². The normalized spacial score (nSPS) is 12.9. The highest BCUT2D eigenvalue weighted by molar-refractivity contribution is 4.60. The highest BCUT2D eigenvalue weighted by atomic mass is 16.3. The molecule has 1 N–H and O–H groups in total. The van der Waals surface area contributed by atoms with Gasteiger partial charge in [-0.05, 0) is 12.3 Å². The van der Waals surface area contributed by atoms with Crippen LogP contribution in [0.5, 0.6) is 0 Å². The zero-order valence-corrected chi connectivity index (χ0v) is 11.5. The van der Waals surface area contributed by atoms with Gasteiger partial charge in [0.2, 0.25) is 0 Å². The molecule has 0 rings (SSSR count). The predicted molar refractivity (Wildman–Crippen MR) is 72.7 cm³/mol. The van der Waals surface area contributed by atoms with Crippen molar-refractivity contribution in [2.45, 2.75) is 84.5 Å². The van der Waals surface area contributed by atoms with Crippen molar-refractivity contribution >= 4 is 0 Å². The number of hydrogen-bond acceptors (Lipinski definition) is 1. The molecular formula is C15H32O. The molecule has 0 fully saturated rings. The van der Waals surface area contributed by atoms with Crippen LogP contribution in [0.3, 0.4) is 0 Å².